The van der Waals surface area contributed by atoms with Crippen LogP contribution in [0.3, 0.4) is 0 Å². The lowest BCUT2D eigenvalue weighted by atomic mass is 10.1. The van der Waals surface area contributed by atoms with Crippen molar-refractivity contribution < 1.29 is 9.59 Å². The quantitative estimate of drug-likeness (QED) is 0.674. The highest BCUT2D eigenvalue weighted by atomic mass is 16.2. The predicted octanol–water partition coefficient (Wildman–Crippen LogP) is 0.662. The van der Waals surface area contributed by atoms with Gasteiger partial charge in [0.15, 0.2) is 0 Å². The second kappa shape index (κ2) is 8.84. The normalized spacial score (nSPS) is 17.2. The molecule has 8 nitrogen and oxygen atoms in total. The molecule has 1 fully saturated rings. The number of pyridine rings is 1. The van der Waals surface area contributed by atoms with Gasteiger partial charge in [0, 0.05) is 25.7 Å². The number of amides is 3. The molecule has 2 rings (SSSR count). The third-order valence-electron chi connectivity index (χ3n) is 4.00. The molecule has 128 valence electrons. The number of carbonyl (C=O) groups excluding carboxylic acids is 2. The van der Waals surface area contributed by atoms with E-state index in [-0.39, 0.29) is 5.91 Å². The first-order chi connectivity index (χ1) is 11.6. The molecule has 1 aliphatic heterocycles. The number of nitrogens with one attached hydrogen (secondary N) is 2. The van der Waals surface area contributed by atoms with Gasteiger partial charge in [0.2, 0.25) is 5.91 Å². The minimum absolute atomic E-state index is 0.293. The van der Waals surface area contributed by atoms with E-state index in [1.54, 1.807) is 18.3 Å². The molecule has 1 aromatic heterocycles. The van der Waals surface area contributed by atoms with E-state index in [2.05, 4.69) is 26.6 Å². The lowest BCUT2D eigenvalue weighted by Gasteiger charge is -2.16. The van der Waals surface area contributed by atoms with Gasteiger partial charge in [0.05, 0.1) is 5.56 Å². The summed E-state index contributed by atoms with van der Waals surface area (Å²) in [7, 11) is 0. The maximum absolute atomic E-state index is 11.3. The number of nitriles is 1. The van der Waals surface area contributed by atoms with Crippen molar-refractivity contribution in [3.63, 3.8) is 0 Å². The van der Waals surface area contributed by atoms with Gasteiger partial charge in [0.25, 0.3) is 0 Å². The summed E-state index contributed by atoms with van der Waals surface area (Å²) in [4.78, 5) is 28.4. The van der Waals surface area contributed by atoms with E-state index < -0.39 is 6.03 Å². The zero-order valence-electron chi connectivity index (χ0n) is 13.5. The lowest BCUT2D eigenvalue weighted by Crippen LogP contribution is -2.35. The van der Waals surface area contributed by atoms with Gasteiger partial charge in [-0.2, -0.15) is 5.26 Å². The van der Waals surface area contributed by atoms with Crippen LogP contribution in [0.4, 0.5) is 10.6 Å². The molecule has 1 saturated heterocycles. The Morgan fingerprint density at radius 3 is 3.08 bits per heavy atom. The molecule has 0 saturated carbocycles. The Balaban J connectivity index is 1.67. The second-order valence-corrected chi connectivity index (χ2v) is 5.86. The predicted molar refractivity (Wildman–Crippen MR) is 88.9 cm³/mol. The smallest absolute Gasteiger partial charge is 0.318 e. The summed E-state index contributed by atoms with van der Waals surface area (Å²) in [5.74, 6) is 0.777. The summed E-state index contributed by atoms with van der Waals surface area (Å²) in [6.45, 7) is 3.51. The fourth-order valence-corrected chi connectivity index (χ4v) is 2.82. The van der Waals surface area contributed by atoms with Gasteiger partial charge in [-0.25, -0.2) is 9.78 Å². The Hall–Kier alpha value is -2.66. The maximum Gasteiger partial charge on any atom is 0.318 e. The lowest BCUT2D eigenvalue weighted by molar-refractivity contribution is -0.120. The highest BCUT2D eigenvalue weighted by Gasteiger charge is 2.22. The van der Waals surface area contributed by atoms with Crippen molar-refractivity contribution in [3.05, 3.63) is 23.9 Å². The Morgan fingerprint density at radius 1 is 1.50 bits per heavy atom. The van der Waals surface area contributed by atoms with Crippen LogP contribution >= 0.6 is 0 Å². The van der Waals surface area contributed by atoms with Crippen molar-refractivity contribution in [2.75, 3.05) is 31.5 Å². The molecule has 0 radical (unpaired) electrons. The Bertz CT molecular complexity index is 627. The number of aromatic nitrogens is 1. The van der Waals surface area contributed by atoms with E-state index in [9.17, 15) is 9.59 Å². The van der Waals surface area contributed by atoms with Crippen LogP contribution in [0.5, 0.6) is 0 Å². The fraction of sp³-hybridized carbons (Fsp3) is 0.500. The minimum atomic E-state index is -0.807. The van der Waals surface area contributed by atoms with E-state index in [4.69, 9.17) is 11.0 Å². The minimum Gasteiger partial charge on any atom is -0.369 e. The maximum atomic E-state index is 11.3. The Labute approximate surface area is 141 Å². The average Bonchev–Trinajstić information content (AvgIpc) is 3.00. The number of primary amides is 1. The van der Waals surface area contributed by atoms with E-state index in [1.165, 1.54) is 0 Å². The topological polar surface area (TPSA) is 124 Å². The zero-order chi connectivity index (χ0) is 17.4. The summed E-state index contributed by atoms with van der Waals surface area (Å²) < 4.78 is 0. The molecule has 1 atom stereocenters. The largest absolute Gasteiger partial charge is 0.369 e. The van der Waals surface area contributed by atoms with Crippen LogP contribution in [0.15, 0.2) is 18.3 Å². The van der Waals surface area contributed by atoms with E-state index in [0.29, 0.717) is 30.1 Å². The highest BCUT2D eigenvalue weighted by molar-refractivity contribution is 5.93. The van der Waals surface area contributed by atoms with Gasteiger partial charge in [-0.3, -0.25) is 10.1 Å². The first-order valence-corrected chi connectivity index (χ1v) is 7.99. The van der Waals surface area contributed by atoms with Crippen LogP contribution in [0.2, 0.25) is 0 Å². The number of urea groups is 1. The first-order valence-electron chi connectivity index (χ1n) is 7.99. The number of anilines is 1. The van der Waals surface area contributed by atoms with Gasteiger partial charge in [-0.05, 0) is 44.0 Å². The van der Waals surface area contributed by atoms with Crippen LogP contribution in [-0.2, 0) is 4.79 Å². The summed E-state index contributed by atoms with van der Waals surface area (Å²) in [6, 6.07) is 4.81. The van der Waals surface area contributed by atoms with Gasteiger partial charge < -0.3 is 16.0 Å². The molecule has 2 heterocycles. The van der Waals surface area contributed by atoms with Crippen LogP contribution in [-0.4, -0.2) is 48.0 Å². The summed E-state index contributed by atoms with van der Waals surface area (Å²) >= 11 is 0. The standard InChI is InChI=1S/C16H22N6O2/c17-9-13-3-1-6-19-15(13)20-10-12-5-8-22(11-12)7-2-4-14(23)21-16(18)24/h1,3,6,12H,2,4-5,7-8,10-11H2,(H,19,20)(H3,18,21,23,24). The molecular formula is C16H22N6O2. The van der Waals surface area contributed by atoms with Crippen molar-refractivity contribution in [1.82, 2.24) is 15.2 Å². The molecule has 0 bridgehead atoms. The molecule has 0 aromatic carbocycles. The van der Waals surface area contributed by atoms with Crippen LogP contribution < -0.4 is 16.4 Å². The second-order valence-electron chi connectivity index (χ2n) is 5.86. The number of rotatable bonds is 7. The van der Waals surface area contributed by atoms with Gasteiger partial charge >= 0.3 is 6.03 Å². The average molecular weight is 330 g/mol. The highest BCUT2D eigenvalue weighted by Crippen LogP contribution is 2.18. The van der Waals surface area contributed by atoms with Crippen molar-refractivity contribution in [3.8, 4) is 6.07 Å². The third-order valence-corrected chi connectivity index (χ3v) is 4.00. The third kappa shape index (κ3) is 5.52. The molecular weight excluding hydrogens is 308 g/mol. The molecule has 8 heteroatoms. The summed E-state index contributed by atoms with van der Waals surface area (Å²) in [5, 5.41) is 14.4. The zero-order valence-corrected chi connectivity index (χ0v) is 13.5. The van der Waals surface area contributed by atoms with E-state index in [0.717, 1.165) is 32.6 Å². The summed E-state index contributed by atoms with van der Waals surface area (Å²) in [5.41, 5.74) is 5.44. The number of likely N-dealkylation sites (tertiary alicyclic amines) is 1. The van der Waals surface area contributed by atoms with Crippen LogP contribution in [0.1, 0.15) is 24.8 Å². The van der Waals surface area contributed by atoms with Crippen LogP contribution in [0.25, 0.3) is 0 Å². The van der Waals surface area contributed by atoms with Crippen molar-refractivity contribution in [2.24, 2.45) is 11.7 Å². The Morgan fingerprint density at radius 2 is 2.33 bits per heavy atom. The number of nitrogens with zero attached hydrogens (tertiary/aromatic N) is 3. The molecule has 1 aliphatic rings. The van der Waals surface area contributed by atoms with Gasteiger partial charge in [0.1, 0.15) is 11.9 Å². The number of hydrogen-bond donors (Lipinski definition) is 3. The van der Waals surface area contributed by atoms with Crippen molar-refractivity contribution in [1.29, 1.82) is 5.26 Å². The SMILES string of the molecule is N#Cc1cccnc1NCC1CCN(CCCC(=O)NC(N)=O)C1. The number of imide groups is 1. The number of carbonyl (C=O) groups is 2. The monoisotopic (exact) mass is 330 g/mol. The van der Waals surface area contributed by atoms with Crippen LogP contribution in [0, 0.1) is 17.2 Å². The Kier molecular flexibility index (Phi) is 6.51. The van der Waals surface area contributed by atoms with Gasteiger partial charge in [-0.15, -0.1) is 0 Å². The molecule has 1 aromatic rings. The van der Waals surface area contributed by atoms with E-state index >= 15 is 0 Å². The molecule has 1 unspecified atom stereocenters. The molecule has 4 N–H and O–H groups in total. The van der Waals surface area contributed by atoms with E-state index in [1.807, 2.05) is 0 Å². The molecule has 0 aliphatic carbocycles. The number of nitrogens with two attached hydrogens (primary N) is 1. The fourth-order valence-electron chi connectivity index (χ4n) is 2.82. The molecule has 24 heavy (non-hydrogen) atoms. The molecule has 0 spiro atoms. The summed E-state index contributed by atoms with van der Waals surface area (Å²) in [6.07, 6.45) is 3.72. The first kappa shape index (κ1) is 17.7. The van der Waals surface area contributed by atoms with Gasteiger partial charge in [-0.1, -0.05) is 0 Å². The van der Waals surface area contributed by atoms with Crippen molar-refractivity contribution in [2.45, 2.75) is 19.3 Å². The molecule has 3 amide bonds. The number of hydrogen-bond acceptors (Lipinski definition) is 6. The van der Waals surface area contributed by atoms with Crippen molar-refractivity contribution >= 4 is 17.8 Å².